The number of aliphatic hydroxyl groups excluding tert-OH is 1. The van der Waals surface area contributed by atoms with Crippen molar-refractivity contribution in [3.8, 4) is 0 Å². The molecule has 0 rings (SSSR count). The van der Waals surface area contributed by atoms with Crippen LogP contribution >= 0.6 is 7.82 Å². The molecule has 0 radical (unpaired) electrons. The summed E-state index contributed by atoms with van der Waals surface area (Å²) in [6.07, 6.45) is 57.0. The molecule has 0 aliphatic rings. The van der Waals surface area contributed by atoms with E-state index >= 15 is 0 Å². The average molecular weight is 886 g/mol. The van der Waals surface area contributed by atoms with Crippen LogP contribution in [0, 0.1) is 0 Å². The van der Waals surface area contributed by atoms with Gasteiger partial charge >= 0.3 is 19.8 Å². The number of esters is 1. The summed E-state index contributed by atoms with van der Waals surface area (Å²) in [6, 6.07) is -1.57. The van der Waals surface area contributed by atoms with Gasteiger partial charge in [-0.3, -0.25) is 18.6 Å². The van der Waals surface area contributed by atoms with E-state index < -0.39 is 57.6 Å². The first-order chi connectivity index (χ1) is 30.1. The molecular formula is C50H80NO10P. The van der Waals surface area contributed by atoms with Crippen molar-refractivity contribution in [2.24, 2.45) is 0 Å². The van der Waals surface area contributed by atoms with Gasteiger partial charge in [-0.25, -0.2) is 9.36 Å². The van der Waals surface area contributed by atoms with Crippen LogP contribution in [0.2, 0.25) is 0 Å². The topological polar surface area (TPSA) is 169 Å². The third-order valence-corrected chi connectivity index (χ3v) is 10.0. The van der Waals surface area contributed by atoms with Crippen molar-refractivity contribution in [3.05, 3.63) is 109 Å². The Kier molecular flexibility index (Phi) is 41.0. The van der Waals surface area contributed by atoms with Crippen LogP contribution in [0.5, 0.6) is 0 Å². The number of aliphatic carboxylic acids is 1. The summed E-state index contributed by atoms with van der Waals surface area (Å²) < 4.78 is 26.8. The molecule has 1 amide bonds. The fraction of sp³-hybridized carbons (Fsp3) is 0.580. The molecule has 0 aromatic heterocycles. The Morgan fingerprint density at radius 3 is 1.45 bits per heavy atom. The van der Waals surface area contributed by atoms with Gasteiger partial charge in [0.15, 0.2) is 6.04 Å². The number of nitrogens with one attached hydrogen (secondary N) is 1. The summed E-state index contributed by atoms with van der Waals surface area (Å²) in [4.78, 5) is 45.9. The van der Waals surface area contributed by atoms with Crippen LogP contribution in [-0.2, 0) is 32.7 Å². The van der Waals surface area contributed by atoms with Gasteiger partial charge in [0, 0.05) is 6.42 Å². The second kappa shape index (κ2) is 43.8. The SMILES string of the molecule is CC/C=C\C/C=C\C/C=C\C/C=C\C/C=C\C/C=C\C/C=C\CC(=O)OCC(O)COP(=O)(O)OCC(NC(=O)CCCCCCCCC/C=C\C/C=C\CCCCC)C(=O)O. The summed E-state index contributed by atoms with van der Waals surface area (Å²) >= 11 is 0. The van der Waals surface area contributed by atoms with E-state index in [4.69, 9.17) is 13.8 Å². The minimum atomic E-state index is -4.79. The number of ether oxygens (including phenoxy) is 1. The van der Waals surface area contributed by atoms with Gasteiger partial charge in [0.25, 0.3) is 0 Å². The average Bonchev–Trinajstić information content (AvgIpc) is 3.25. The van der Waals surface area contributed by atoms with Gasteiger partial charge < -0.3 is 25.2 Å². The van der Waals surface area contributed by atoms with Crippen molar-refractivity contribution in [1.29, 1.82) is 0 Å². The minimum Gasteiger partial charge on any atom is -0.480 e. The Bertz CT molecular complexity index is 1460. The van der Waals surface area contributed by atoms with Gasteiger partial charge in [0.1, 0.15) is 12.7 Å². The zero-order valence-electron chi connectivity index (χ0n) is 37.9. The van der Waals surface area contributed by atoms with Gasteiger partial charge in [0.05, 0.1) is 19.6 Å². The van der Waals surface area contributed by atoms with Crippen molar-refractivity contribution in [2.75, 3.05) is 19.8 Å². The third kappa shape index (κ3) is 42.8. The third-order valence-electron chi connectivity index (χ3n) is 9.08. The smallest absolute Gasteiger partial charge is 0.472 e. The highest BCUT2D eigenvalue weighted by atomic mass is 31.2. The lowest BCUT2D eigenvalue weighted by molar-refractivity contribution is -0.146. The number of allylic oxidation sites excluding steroid dienone is 17. The van der Waals surface area contributed by atoms with Crippen molar-refractivity contribution in [3.63, 3.8) is 0 Å². The summed E-state index contributed by atoms with van der Waals surface area (Å²) in [5.41, 5.74) is 0. The molecule has 0 bridgehead atoms. The second-order valence-electron chi connectivity index (χ2n) is 14.9. The van der Waals surface area contributed by atoms with Crippen molar-refractivity contribution in [2.45, 2.75) is 167 Å². The molecule has 12 heteroatoms. The number of carbonyl (C=O) groups is 3. The maximum Gasteiger partial charge on any atom is 0.472 e. The van der Waals surface area contributed by atoms with E-state index in [0.29, 0.717) is 12.8 Å². The zero-order valence-corrected chi connectivity index (χ0v) is 38.8. The van der Waals surface area contributed by atoms with E-state index in [1.165, 1.54) is 25.7 Å². The number of carbonyl (C=O) groups excluding carboxylic acids is 2. The first-order valence-corrected chi connectivity index (χ1v) is 24.4. The van der Waals surface area contributed by atoms with Crippen LogP contribution in [0.15, 0.2) is 109 Å². The molecule has 62 heavy (non-hydrogen) atoms. The molecule has 0 fully saturated rings. The second-order valence-corrected chi connectivity index (χ2v) is 16.3. The molecule has 0 aromatic rings. The van der Waals surface area contributed by atoms with E-state index in [0.717, 1.165) is 89.9 Å². The maximum atomic E-state index is 12.3. The number of hydrogen-bond donors (Lipinski definition) is 4. The molecule has 0 aliphatic carbocycles. The normalized spacial score (nSPS) is 14.6. The van der Waals surface area contributed by atoms with Gasteiger partial charge in [0.2, 0.25) is 5.91 Å². The molecule has 0 aliphatic heterocycles. The van der Waals surface area contributed by atoms with Crippen LogP contribution in [0.1, 0.15) is 155 Å². The predicted molar refractivity (Wildman–Crippen MR) is 253 cm³/mol. The first-order valence-electron chi connectivity index (χ1n) is 22.9. The van der Waals surface area contributed by atoms with Crippen LogP contribution in [0.4, 0.5) is 0 Å². The highest BCUT2D eigenvalue weighted by Gasteiger charge is 2.28. The Morgan fingerprint density at radius 2 is 0.968 bits per heavy atom. The Balaban J connectivity index is 4.04. The summed E-state index contributed by atoms with van der Waals surface area (Å²) in [6.45, 7) is 2.33. The van der Waals surface area contributed by atoms with E-state index in [1.807, 2.05) is 18.2 Å². The van der Waals surface area contributed by atoms with Gasteiger partial charge in [-0.1, -0.05) is 168 Å². The molecular weight excluding hydrogens is 806 g/mol. The van der Waals surface area contributed by atoms with Crippen LogP contribution in [-0.4, -0.2) is 64.9 Å². The molecule has 3 unspecified atom stereocenters. The van der Waals surface area contributed by atoms with Crippen molar-refractivity contribution < 1.29 is 47.8 Å². The maximum absolute atomic E-state index is 12.3. The lowest BCUT2D eigenvalue weighted by atomic mass is 10.1. The number of phosphoric ester groups is 1. The fourth-order valence-corrected chi connectivity index (χ4v) is 6.32. The Morgan fingerprint density at radius 1 is 0.548 bits per heavy atom. The standard InChI is InChI=1S/C50H80NO10P/c1-3-5-7-9-11-13-15-17-19-21-22-23-24-26-28-30-32-34-36-38-40-42-49(54)59-43-46(52)44-60-62(57,58)61-45-47(50(55)56)51-48(53)41-39-37-35-33-31-29-27-25-20-18-16-14-12-10-8-6-4-2/h5,7,11-14,17-20,22-23,26,28,32,34,38,40,46-47,52H,3-4,6,8-10,15-16,21,24-25,27,29-31,33,35-37,39,41-45H2,1-2H3,(H,51,53)(H,55,56)(H,57,58)/b7-5-,13-11-,14-12-,19-17-,20-18-,23-22-,28-26-,34-32-,40-38-. The molecule has 0 saturated heterocycles. The van der Waals surface area contributed by atoms with Gasteiger partial charge in [-0.15, -0.1) is 0 Å². The van der Waals surface area contributed by atoms with Crippen LogP contribution in [0.25, 0.3) is 0 Å². The monoisotopic (exact) mass is 886 g/mol. The van der Waals surface area contributed by atoms with E-state index in [9.17, 15) is 34.1 Å². The zero-order chi connectivity index (χ0) is 45.6. The lowest BCUT2D eigenvalue weighted by Crippen LogP contribution is -2.43. The number of carboxylic acid groups (broad SMARTS) is 1. The van der Waals surface area contributed by atoms with Crippen LogP contribution < -0.4 is 5.32 Å². The largest absolute Gasteiger partial charge is 0.480 e. The highest BCUT2D eigenvalue weighted by Crippen LogP contribution is 2.43. The lowest BCUT2D eigenvalue weighted by Gasteiger charge is -2.18. The number of unbranched alkanes of at least 4 members (excludes halogenated alkanes) is 10. The van der Waals surface area contributed by atoms with Crippen LogP contribution in [0.3, 0.4) is 0 Å². The summed E-state index contributed by atoms with van der Waals surface area (Å²) in [5.74, 6) is -2.54. The Hall–Kier alpha value is -3.86. The van der Waals surface area contributed by atoms with Gasteiger partial charge in [-0.2, -0.15) is 0 Å². The minimum absolute atomic E-state index is 0.0175. The molecule has 4 N–H and O–H groups in total. The quantitative estimate of drug-likeness (QED) is 0.0201. The number of aliphatic hydroxyl groups is 1. The Labute approximate surface area is 374 Å². The first kappa shape index (κ1) is 58.1. The van der Waals surface area contributed by atoms with Crippen molar-refractivity contribution >= 4 is 25.7 Å². The predicted octanol–water partition coefficient (Wildman–Crippen LogP) is 12.2. The fourth-order valence-electron chi connectivity index (χ4n) is 5.55. The molecule has 0 aromatic carbocycles. The van der Waals surface area contributed by atoms with E-state index in [2.05, 4.69) is 104 Å². The van der Waals surface area contributed by atoms with E-state index in [-0.39, 0.29) is 12.8 Å². The number of carboxylic acids is 1. The molecule has 0 spiro atoms. The summed E-state index contributed by atoms with van der Waals surface area (Å²) in [7, 11) is -4.79. The molecule has 11 nitrogen and oxygen atoms in total. The van der Waals surface area contributed by atoms with Crippen molar-refractivity contribution in [1.82, 2.24) is 5.32 Å². The van der Waals surface area contributed by atoms with E-state index in [1.54, 1.807) is 6.08 Å². The molecule has 3 atom stereocenters. The van der Waals surface area contributed by atoms with Gasteiger partial charge in [-0.05, 0) is 83.5 Å². The number of hydrogen-bond acceptors (Lipinski definition) is 8. The summed E-state index contributed by atoms with van der Waals surface area (Å²) in [5, 5.41) is 21.8. The molecule has 0 saturated carbocycles. The molecule has 350 valence electrons. The molecule has 0 heterocycles. The number of phosphoric acid groups is 1. The highest BCUT2D eigenvalue weighted by molar-refractivity contribution is 7.47. The number of rotatable bonds is 41. The number of amides is 1.